The van der Waals surface area contributed by atoms with Crippen molar-refractivity contribution < 1.29 is 9.18 Å². The van der Waals surface area contributed by atoms with E-state index in [4.69, 9.17) is 0 Å². The number of hydrogen-bond donors (Lipinski definition) is 1. The summed E-state index contributed by atoms with van der Waals surface area (Å²) in [4.78, 5) is 19.7. The molecule has 1 aliphatic rings. The number of piperidine rings is 1. The van der Waals surface area contributed by atoms with Gasteiger partial charge in [-0.1, -0.05) is 48.5 Å². The smallest absolute Gasteiger partial charge is 0.224 e. The lowest BCUT2D eigenvalue weighted by Crippen LogP contribution is -2.41. The molecule has 0 saturated carbocycles. The van der Waals surface area contributed by atoms with Gasteiger partial charge in [0.25, 0.3) is 0 Å². The molecular formula is C26H28FN3O. The van der Waals surface area contributed by atoms with Gasteiger partial charge in [0.1, 0.15) is 5.82 Å². The Hall–Kier alpha value is -3.05. The van der Waals surface area contributed by atoms with Crippen LogP contribution in [0, 0.1) is 11.7 Å². The van der Waals surface area contributed by atoms with Gasteiger partial charge in [-0.15, -0.1) is 0 Å². The standard InChI is InChI=1S/C26H28FN3O/c27-23-10-6-9-21(17-23)19-30-15-12-22(13-16-30)26(24-11-4-5-14-28-24)29-25(31)18-20-7-2-1-3-8-20/h1-11,14,17,22,26H,12-13,15-16,18-19H2,(H,29,31)/t26-/m1/s1. The van der Waals surface area contributed by atoms with E-state index in [0.717, 1.165) is 49.3 Å². The van der Waals surface area contributed by atoms with E-state index in [9.17, 15) is 9.18 Å². The van der Waals surface area contributed by atoms with Gasteiger partial charge in [0.05, 0.1) is 18.2 Å². The highest BCUT2D eigenvalue weighted by atomic mass is 19.1. The van der Waals surface area contributed by atoms with Gasteiger partial charge in [0, 0.05) is 12.7 Å². The Kier molecular flexibility index (Phi) is 7.05. The molecule has 1 N–H and O–H groups in total. The second-order valence-corrected chi connectivity index (χ2v) is 8.21. The van der Waals surface area contributed by atoms with Crippen molar-refractivity contribution in [2.75, 3.05) is 13.1 Å². The van der Waals surface area contributed by atoms with Crippen LogP contribution in [0.4, 0.5) is 4.39 Å². The van der Waals surface area contributed by atoms with Crippen molar-refractivity contribution in [3.63, 3.8) is 0 Å². The van der Waals surface area contributed by atoms with E-state index in [-0.39, 0.29) is 17.8 Å². The molecule has 3 aromatic rings. The van der Waals surface area contributed by atoms with Crippen LogP contribution in [0.15, 0.2) is 79.0 Å². The number of nitrogens with zero attached hydrogens (tertiary/aromatic N) is 2. The lowest BCUT2D eigenvalue weighted by atomic mass is 9.87. The van der Waals surface area contributed by atoms with E-state index in [1.54, 1.807) is 18.3 Å². The van der Waals surface area contributed by atoms with Gasteiger partial charge in [-0.3, -0.25) is 14.7 Å². The molecule has 0 bridgehead atoms. The first-order valence-electron chi connectivity index (χ1n) is 10.9. The van der Waals surface area contributed by atoms with Crippen molar-refractivity contribution in [1.29, 1.82) is 0 Å². The molecule has 0 aliphatic carbocycles. The SMILES string of the molecule is O=C(Cc1ccccc1)N[C@@H](c1ccccn1)C1CCN(Cc2cccc(F)c2)CC1. The number of carbonyl (C=O) groups excluding carboxylic acids is 1. The summed E-state index contributed by atoms with van der Waals surface area (Å²) in [5, 5.41) is 3.25. The number of amides is 1. The fraction of sp³-hybridized carbons (Fsp3) is 0.308. The van der Waals surface area contributed by atoms with Crippen LogP contribution in [0.1, 0.15) is 35.7 Å². The summed E-state index contributed by atoms with van der Waals surface area (Å²) >= 11 is 0. The Labute approximate surface area is 183 Å². The second kappa shape index (κ2) is 10.3. The molecule has 0 radical (unpaired) electrons. The third-order valence-corrected chi connectivity index (χ3v) is 5.93. The molecule has 31 heavy (non-hydrogen) atoms. The van der Waals surface area contributed by atoms with Crippen LogP contribution in [0.25, 0.3) is 0 Å². The zero-order valence-corrected chi connectivity index (χ0v) is 17.6. The number of rotatable bonds is 7. The minimum Gasteiger partial charge on any atom is -0.347 e. The highest BCUT2D eigenvalue weighted by Gasteiger charge is 2.29. The van der Waals surface area contributed by atoms with E-state index in [0.29, 0.717) is 12.3 Å². The van der Waals surface area contributed by atoms with E-state index >= 15 is 0 Å². The Morgan fingerprint density at radius 2 is 1.74 bits per heavy atom. The molecule has 4 rings (SSSR count). The molecule has 0 unspecified atom stereocenters. The van der Waals surface area contributed by atoms with Crippen LogP contribution in [0.5, 0.6) is 0 Å². The van der Waals surface area contributed by atoms with E-state index in [1.165, 1.54) is 6.07 Å². The Morgan fingerprint density at radius 1 is 1.00 bits per heavy atom. The lowest BCUT2D eigenvalue weighted by molar-refractivity contribution is -0.121. The largest absolute Gasteiger partial charge is 0.347 e. The molecule has 160 valence electrons. The molecule has 5 heteroatoms. The number of pyridine rings is 1. The number of carbonyl (C=O) groups is 1. The maximum atomic E-state index is 13.5. The number of hydrogen-bond acceptors (Lipinski definition) is 3. The van der Waals surface area contributed by atoms with Gasteiger partial charge in [0.2, 0.25) is 5.91 Å². The van der Waals surface area contributed by atoms with Crippen molar-refractivity contribution in [3.8, 4) is 0 Å². The van der Waals surface area contributed by atoms with Crippen molar-refractivity contribution in [2.45, 2.75) is 31.8 Å². The topological polar surface area (TPSA) is 45.2 Å². The normalized spacial score (nSPS) is 16.0. The fourth-order valence-electron chi connectivity index (χ4n) is 4.34. The average Bonchev–Trinajstić information content (AvgIpc) is 2.79. The molecule has 1 fully saturated rings. The number of benzene rings is 2. The first-order valence-corrected chi connectivity index (χ1v) is 10.9. The van der Waals surface area contributed by atoms with Gasteiger partial charge in [-0.05, 0) is 67.2 Å². The molecular weight excluding hydrogens is 389 g/mol. The molecule has 1 amide bonds. The molecule has 1 saturated heterocycles. The van der Waals surface area contributed by atoms with Crippen LogP contribution in [-0.2, 0) is 17.8 Å². The molecule has 1 aliphatic heterocycles. The minimum atomic E-state index is -0.191. The second-order valence-electron chi connectivity index (χ2n) is 8.21. The number of aromatic nitrogens is 1. The lowest BCUT2D eigenvalue weighted by Gasteiger charge is -2.36. The highest BCUT2D eigenvalue weighted by Crippen LogP contribution is 2.30. The summed E-state index contributed by atoms with van der Waals surface area (Å²) in [6, 6.07) is 22.4. The molecule has 4 nitrogen and oxygen atoms in total. The van der Waals surface area contributed by atoms with E-state index in [1.807, 2.05) is 54.6 Å². The first-order chi connectivity index (χ1) is 15.2. The van der Waals surface area contributed by atoms with Crippen molar-refractivity contribution in [2.24, 2.45) is 5.92 Å². The summed E-state index contributed by atoms with van der Waals surface area (Å²) in [5.74, 6) is 0.145. The van der Waals surface area contributed by atoms with Crippen molar-refractivity contribution in [3.05, 3.63) is 102 Å². The number of nitrogens with one attached hydrogen (secondary N) is 1. The van der Waals surface area contributed by atoms with Gasteiger partial charge in [-0.25, -0.2) is 4.39 Å². The predicted molar refractivity (Wildman–Crippen MR) is 120 cm³/mol. The van der Waals surface area contributed by atoms with Crippen LogP contribution in [-0.4, -0.2) is 28.9 Å². The predicted octanol–water partition coefficient (Wildman–Crippen LogP) is 4.53. The molecule has 2 heterocycles. The summed E-state index contributed by atoms with van der Waals surface area (Å²) in [6.45, 7) is 2.58. The summed E-state index contributed by atoms with van der Waals surface area (Å²) in [6.07, 6.45) is 4.07. The van der Waals surface area contributed by atoms with E-state index < -0.39 is 0 Å². The zero-order chi connectivity index (χ0) is 21.5. The van der Waals surface area contributed by atoms with Gasteiger partial charge >= 0.3 is 0 Å². The molecule has 1 atom stereocenters. The minimum absolute atomic E-state index is 0.0176. The summed E-state index contributed by atoms with van der Waals surface area (Å²) < 4.78 is 13.5. The summed E-state index contributed by atoms with van der Waals surface area (Å²) in [5.41, 5.74) is 2.91. The van der Waals surface area contributed by atoms with Crippen LogP contribution >= 0.6 is 0 Å². The maximum Gasteiger partial charge on any atom is 0.224 e. The molecule has 2 aromatic carbocycles. The summed E-state index contributed by atoms with van der Waals surface area (Å²) in [7, 11) is 0. The average molecular weight is 418 g/mol. The van der Waals surface area contributed by atoms with Crippen molar-refractivity contribution >= 4 is 5.91 Å². The van der Waals surface area contributed by atoms with Gasteiger partial charge < -0.3 is 5.32 Å². The van der Waals surface area contributed by atoms with Crippen LogP contribution < -0.4 is 5.32 Å². The number of likely N-dealkylation sites (tertiary alicyclic amines) is 1. The van der Waals surface area contributed by atoms with Crippen LogP contribution in [0.3, 0.4) is 0 Å². The third-order valence-electron chi connectivity index (χ3n) is 5.93. The fourth-order valence-corrected chi connectivity index (χ4v) is 4.34. The molecule has 1 aromatic heterocycles. The first kappa shape index (κ1) is 21.2. The van der Waals surface area contributed by atoms with Gasteiger partial charge in [-0.2, -0.15) is 0 Å². The van der Waals surface area contributed by atoms with Crippen molar-refractivity contribution in [1.82, 2.24) is 15.2 Å². The quantitative estimate of drug-likeness (QED) is 0.614. The molecule has 0 spiro atoms. The third kappa shape index (κ3) is 5.98. The zero-order valence-electron chi connectivity index (χ0n) is 17.6. The Morgan fingerprint density at radius 3 is 2.45 bits per heavy atom. The van der Waals surface area contributed by atoms with E-state index in [2.05, 4.69) is 15.2 Å². The monoisotopic (exact) mass is 417 g/mol. The number of halogens is 1. The maximum absolute atomic E-state index is 13.5. The van der Waals surface area contributed by atoms with Gasteiger partial charge in [0.15, 0.2) is 0 Å². The Balaban J connectivity index is 1.40. The Bertz CT molecular complexity index is 972. The van der Waals surface area contributed by atoms with Crippen LogP contribution in [0.2, 0.25) is 0 Å². The highest BCUT2D eigenvalue weighted by molar-refractivity contribution is 5.79.